The largest absolute Gasteiger partial charge is 0.393 e. The van der Waals surface area contributed by atoms with Gasteiger partial charge >= 0.3 is 0 Å². The lowest BCUT2D eigenvalue weighted by atomic mass is 9.84. The molecule has 1 aliphatic rings. The molecule has 1 rings (SSSR count). The van der Waals surface area contributed by atoms with Crippen LogP contribution in [0.1, 0.15) is 71.1 Å². The standard InChI is InChI=1S/C14H26O2/c1-2-6-13(15)9-10-14(16)11-12-7-4-3-5-8-12/h12,14,16H,2-11H2,1H3. The van der Waals surface area contributed by atoms with Crippen LogP contribution in [0.2, 0.25) is 0 Å². The Balaban J connectivity index is 2.09. The van der Waals surface area contributed by atoms with Gasteiger partial charge in [-0.05, 0) is 25.2 Å². The normalized spacial score (nSPS) is 19.6. The van der Waals surface area contributed by atoms with E-state index in [4.69, 9.17) is 0 Å². The summed E-state index contributed by atoms with van der Waals surface area (Å²) in [6.07, 6.45) is 10.1. The molecule has 0 saturated heterocycles. The molecule has 1 aliphatic carbocycles. The minimum atomic E-state index is -0.246. The van der Waals surface area contributed by atoms with E-state index in [1.165, 1.54) is 32.1 Å². The summed E-state index contributed by atoms with van der Waals surface area (Å²) < 4.78 is 0. The van der Waals surface area contributed by atoms with Crippen molar-refractivity contribution in [1.29, 1.82) is 0 Å². The molecule has 0 amide bonds. The third kappa shape index (κ3) is 5.64. The van der Waals surface area contributed by atoms with Crippen LogP contribution in [0.3, 0.4) is 0 Å². The highest BCUT2D eigenvalue weighted by Crippen LogP contribution is 2.28. The van der Waals surface area contributed by atoms with Crippen LogP contribution in [0.4, 0.5) is 0 Å². The van der Waals surface area contributed by atoms with Gasteiger partial charge in [-0.15, -0.1) is 0 Å². The zero-order chi connectivity index (χ0) is 11.8. The van der Waals surface area contributed by atoms with Crippen LogP contribution in [-0.2, 0) is 4.79 Å². The average molecular weight is 226 g/mol. The summed E-state index contributed by atoms with van der Waals surface area (Å²) >= 11 is 0. The van der Waals surface area contributed by atoms with Gasteiger partial charge in [0.15, 0.2) is 0 Å². The van der Waals surface area contributed by atoms with Crippen LogP contribution in [0.25, 0.3) is 0 Å². The summed E-state index contributed by atoms with van der Waals surface area (Å²) in [5, 5.41) is 9.87. The van der Waals surface area contributed by atoms with Crippen LogP contribution >= 0.6 is 0 Å². The molecule has 94 valence electrons. The Kier molecular flexibility index (Phi) is 6.70. The molecular weight excluding hydrogens is 200 g/mol. The second-order valence-electron chi connectivity index (χ2n) is 5.22. The number of hydrogen-bond acceptors (Lipinski definition) is 2. The topological polar surface area (TPSA) is 37.3 Å². The predicted octanol–water partition coefficient (Wildman–Crippen LogP) is 3.47. The SMILES string of the molecule is CCCC(=O)CCC(O)CC1CCCCC1. The first-order chi connectivity index (χ1) is 7.72. The Labute approximate surface area is 99.4 Å². The number of aliphatic hydroxyl groups is 1. The van der Waals surface area contributed by atoms with Crippen LogP contribution < -0.4 is 0 Å². The maximum absolute atomic E-state index is 11.3. The van der Waals surface area contributed by atoms with Crippen molar-refractivity contribution in [1.82, 2.24) is 0 Å². The third-order valence-corrected chi connectivity index (χ3v) is 3.62. The van der Waals surface area contributed by atoms with Gasteiger partial charge in [0.2, 0.25) is 0 Å². The number of carbonyl (C=O) groups is 1. The summed E-state index contributed by atoms with van der Waals surface area (Å²) in [5.41, 5.74) is 0. The number of hydrogen-bond donors (Lipinski definition) is 1. The average Bonchev–Trinajstić information content (AvgIpc) is 2.28. The van der Waals surface area contributed by atoms with Gasteiger partial charge in [0.25, 0.3) is 0 Å². The molecule has 0 aromatic rings. The van der Waals surface area contributed by atoms with E-state index in [2.05, 4.69) is 0 Å². The fourth-order valence-electron chi connectivity index (χ4n) is 2.66. The van der Waals surface area contributed by atoms with Gasteiger partial charge in [0.1, 0.15) is 5.78 Å². The highest BCUT2D eigenvalue weighted by molar-refractivity contribution is 5.78. The molecule has 0 aromatic heterocycles. The number of rotatable bonds is 7. The summed E-state index contributed by atoms with van der Waals surface area (Å²) in [4.78, 5) is 11.3. The number of aliphatic hydroxyl groups excluding tert-OH is 1. The second-order valence-corrected chi connectivity index (χ2v) is 5.22. The van der Waals surface area contributed by atoms with Gasteiger partial charge in [-0.3, -0.25) is 4.79 Å². The molecule has 1 unspecified atom stereocenters. The van der Waals surface area contributed by atoms with Crippen LogP contribution in [0.5, 0.6) is 0 Å². The van der Waals surface area contributed by atoms with Crippen molar-refractivity contribution in [2.75, 3.05) is 0 Å². The van der Waals surface area contributed by atoms with Crippen molar-refractivity contribution in [2.45, 2.75) is 77.2 Å². The van der Waals surface area contributed by atoms with E-state index in [-0.39, 0.29) is 6.10 Å². The first-order valence-corrected chi connectivity index (χ1v) is 6.92. The lowest BCUT2D eigenvalue weighted by molar-refractivity contribution is -0.119. The van der Waals surface area contributed by atoms with Crippen LogP contribution in [-0.4, -0.2) is 17.0 Å². The first-order valence-electron chi connectivity index (χ1n) is 6.92. The molecule has 1 N–H and O–H groups in total. The Morgan fingerprint density at radius 3 is 2.56 bits per heavy atom. The molecule has 0 aliphatic heterocycles. The Hall–Kier alpha value is -0.370. The van der Waals surface area contributed by atoms with E-state index < -0.39 is 0 Å². The molecule has 2 heteroatoms. The lowest BCUT2D eigenvalue weighted by Crippen LogP contribution is -2.17. The smallest absolute Gasteiger partial charge is 0.132 e. The minimum Gasteiger partial charge on any atom is -0.393 e. The quantitative estimate of drug-likeness (QED) is 0.721. The zero-order valence-electron chi connectivity index (χ0n) is 10.6. The van der Waals surface area contributed by atoms with Crippen molar-refractivity contribution in [2.24, 2.45) is 5.92 Å². The van der Waals surface area contributed by atoms with E-state index in [0.717, 1.165) is 12.8 Å². The predicted molar refractivity (Wildman–Crippen MR) is 66.3 cm³/mol. The van der Waals surface area contributed by atoms with E-state index >= 15 is 0 Å². The van der Waals surface area contributed by atoms with Gasteiger partial charge in [0.05, 0.1) is 6.10 Å². The van der Waals surface area contributed by atoms with Crippen molar-refractivity contribution in [3.63, 3.8) is 0 Å². The second kappa shape index (κ2) is 7.83. The van der Waals surface area contributed by atoms with E-state index in [1.807, 2.05) is 6.92 Å². The summed E-state index contributed by atoms with van der Waals surface area (Å²) in [6.45, 7) is 2.02. The van der Waals surface area contributed by atoms with Crippen LogP contribution in [0, 0.1) is 5.92 Å². The summed E-state index contributed by atoms with van der Waals surface area (Å²) in [5.74, 6) is 1.02. The van der Waals surface area contributed by atoms with Gasteiger partial charge in [0, 0.05) is 12.8 Å². The summed E-state index contributed by atoms with van der Waals surface area (Å²) in [7, 11) is 0. The molecule has 1 saturated carbocycles. The highest BCUT2D eigenvalue weighted by atomic mass is 16.3. The Bertz CT molecular complexity index is 195. The molecular formula is C14H26O2. The number of carbonyl (C=O) groups excluding carboxylic acids is 1. The maximum atomic E-state index is 11.3. The van der Waals surface area contributed by atoms with Crippen LogP contribution in [0.15, 0.2) is 0 Å². The minimum absolute atomic E-state index is 0.246. The van der Waals surface area contributed by atoms with E-state index in [1.54, 1.807) is 0 Å². The van der Waals surface area contributed by atoms with Crippen molar-refractivity contribution >= 4 is 5.78 Å². The van der Waals surface area contributed by atoms with Gasteiger partial charge in [-0.1, -0.05) is 39.0 Å². The molecule has 0 radical (unpaired) electrons. The lowest BCUT2D eigenvalue weighted by Gasteiger charge is -2.23. The van der Waals surface area contributed by atoms with Gasteiger partial charge < -0.3 is 5.11 Å². The van der Waals surface area contributed by atoms with Crippen molar-refractivity contribution in [3.05, 3.63) is 0 Å². The van der Waals surface area contributed by atoms with E-state index in [9.17, 15) is 9.90 Å². The van der Waals surface area contributed by atoms with E-state index in [0.29, 0.717) is 31.0 Å². The van der Waals surface area contributed by atoms with Crippen molar-refractivity contribution < 1.29 is 9.90 Å². The van der Waals surface area contributed by atoms with Crippen molar-refractivity contribution in [3.8, 4) is 0 Å². The molecule has 2 nitrogen and oxygen atoms in total. The molecule has 0 bridgehead atoms. The Morgan fingerprint density at radius 2 is 1.94 bits per heavy atom. The zero-order valence-corrected chi connectivity index (χ0v) is 10.6. The molecule has 1 atom stereocenters. The third-order valence-electron chi connectivity index (χ3n) is 3.62. The first kappa shape index (κ1) is 13.7. The molecule has 0 aromatic carbocycles. The monoisotopic (exact) mass is 226 g/mol. The summed E-state index contributed by atoms with van der Waals surface area (Å²) in [6, 6.07) is 0. The fourth-order valence-corrected chi connectivity index (χ4v) is 2.66. The number of ketones is 1. The fraction of sp³-hybridized carbons (Fsp3) is 0.929. The number of Topliss-reactive ketones (excluding diaryl/α,β-unsaturated/α-hetero) is 1. The van der Waals surface area contributed by atoms with Gasteiger partial charge in [-0.25, -0.2) is 0 Å². The molecule has 0 spiro atoms. The molecule has 16 heavy (non-hydrogen) atoms. The highest BCUT2D eigenvalue weighted by Gasteiger charge is 2.17. The Morgan fingerprint density at radius 1 is 1.25 bits per heavy atom. The molecule has 1 fully saturated rings. The van der Waals surface area contributed by atoms with Gasteiger partial charge in [-0.2, -0.15) is 0 Å². The molecule has 0 heterocycles. The maximum Gasteiger partial charge on any atom is 0.132 e.